The highest BCUT2D eigenvalue weighted by molar-refractivity contribution is 9.10. The number of halogens is 1. The summed E-state index contributed by atoms with van der Waals surface area (Å²) in [4.78, 5) is 42.7. The molecule has 8 nitrogen and oxygen atoms in total. The molecule has 2 aromatic carbocycles. The maximum absolute atomic E-state index is 13.1. The van der Waals surface area contributed by atoms with E-state index in [1.807, 2.05) is 41.3 Å². The van der Waals surface area contributed by atoms with Gasteiger partial charge in [-0.2, -0.15) is 0 Å². The van der Waals surface area contributed by atoms with E-state index in [2.05, 4.69) is 15.9 Å². The van der Waals surface area contributed by atoms with Gasteiger partial charge < -0.3 is 24.2 Å². The molecule has 9 heteroatoms. The fourth-order valence-corrected chi connectivity index (χ4v) is 4.49. The number of ether oxygens (including phenoxy) is 2. The SMILES string of the molecule is CCOC(=O)N1CCN(C(=O)COc2cccc3c2CCN(Cc2ccc(Br)cc2)C3=O)CC1. The Hall–Kier alpha value is -3.07. The Balaban J connectivity index is 1.34. The molecule has 0 radical (unpaired) electrons. The third-order valence-corrected chi connectivity index (χ3v) is 6.61. The number of piperazine rings is 1. The molecule has 0 aliphatic carbocycles. The first-order valence-corrected chi connectivity index (χ1v) is 12.2. The van der Waals surface area contributed by atoms with Crippen LogP contribution in [0.1, 0.15) is 28.4 Å². The lowest BCUT2D eigenvalue weighted by atomic mass is 9.97. The first kappa shape index (κ1) is 24.1. The van der Waals surface area contributed by atoms with E-state index in [0.29, 0.717) is 63.6 Å². The van der Waals surface area contributed by atoms with Crippen LogP contribution in [0.15, 0.2) is 46.9 Å². The van der Waals surface area contributed by atoms with Gasteiger partial charge in [-0.25, -0.2) is 4.79 Å². The molecule has 2 aliphatic rings. The summed E-state index contributed by atoms with van der Waals surface area (Å²) in [5, 5.41) is 0. The van der Waals surface area contributed by atoms with Gasteiger partial charge >= 0.3 is 6.09 Å². The van der Waals surface area contributed by atoms with Crippen molar-refractivity contribution in [1.82, 2.24) is 14.7 Å². The van der Waals surface area contributed by atoms with Crippen LogP contribution in [-0.2, 0) is 22.5 Å². The monoisotopic (exact) mass is 529 g/mol. The normalized spacial score (nSPS) is 15.7. The number of carbonyl (C=O) groups excluding carboxylic acids is 3. The molecule has 0 spiro atoms. The van der Waals surface area contributed by atoms with Crippen molar-refractivity contribution in [3.63, 3.8) is 0 Å². The molecule has 0 aromatic heterocycles. The summed E-state index contributed by atoms with van der Waals surface area (Å²) in [5.74, 6) is 0.406. The summed E-state index contributed by atoms with van der Waals surface area (Å²) >= 11 is 3.43. The average molecular weight is 530 g/mol. The number of hydrogen-bond acceptors (Lipinski definition) is 5. The molecule has 2 aliphatic heterocycles. The zero-order chi connectivity index (χ0) is 24.1. The Morgan fingerprint density at radius 3 is 2.38 bits per heavy atom. The van der Waals surface area contributed by atoms with Gasteiger partial charge in [0.1, 0.15) is 5.75 Å². The fourth-order valence-electron chi connectivity index (χ4n) is 4.22. The molecule has 4 rings (SSSR count). The molecule has 2 aromatic rings. The summed E-state index contributed by atoms with van der Waals surface area (Å²) in [6.07, 6.45) is 0.320. The predicted molar refractivity (Wildman–Crippen MR) is 130 cm³/mol. The van der Waals surface area contributed by atoms with Gasteiger partial charge in [-0.1, -0.05) is 34.1 Å². The van der Waals surface area contributed by atoms with Crippen molar-refractivity contribution >= 4 is 33.8 Å². The van der Waals surface area contributed by atoms with E-state index in [4.69, 9.17) is 9.47 Å². The number of amides is 3. The molecular weight excluding hydrogens is 502 g/mol. The van der Waals surface area contributed by atoms with Crippen LogP contribution >= 0.6 is 15.9 Å². The van der Waals surface area contributed by atoms with Crippen molar-refractivity contribution in [2.24, 2.45) is 0 Å². The zero-order valence-corrected chi connectivity index (χ0v) is 20.8. The minimum absolute atomic E-state index is 0.0315. The molecule has 0 N–H and O–H groups in total. The summed E-state index contributed by atoms with van der Waals surface area (Å²) < 4.78 is 11.9. The van der Waals surface area contributed by atoms with Gasteiger partial charge in [-0.15, -0.1) is 0 Å². The fraction of sp³-hybridized carbons (Fsp3) is 0.400. The van der Waals surface area contributed by atoms with Crippen LogP contribution in [0.3, 0.4) is 0 Å². The van der Waals surface area contributed by atoms with E-state index in [0.717, 1.165) is 15.6 Å². The van der Waals surface area contributed by atoms with Gasteiger partial charge in [0.15, 0.2) is 6.61 Å². The van der Waals surface area contributed by atoms with Crippen molar-refractivity contribution in [2.75, 3.05) is 45.9 Å². The lowest BCUT2D eigenvalue weighted by molar-refractivity contribution is -0.135. The zero-order valence-electron chi connectivity index (χ0n) is 19.2. The van der Waals surface area contributed by atoms with Crippen LogP contribution < -0.4 is 4.74 Å². The highest BCUT2D eigenvalue weighted by Crippen LogP contribution is 2.29. The minimum Gasteiger partial charge on any atom is -0.483 e. The van der Waals surface area contributed by atoms with Crippen molar-refractivity contribution in [1.29, 1.82) is 0 Å². The van der Waals surface area contributed by atoms with Crippen LogP contribution in [0.2, 0.25) is 0 Å². The van der Waals surface area contributed by atoms with Crippen molar-refractivity contribution in [3.8, 4) is 5.75 Å². The van der Waals surface area contributed by atoms with E-state index in [1.54, 1.807) is 22.8 Å². The molecular formula is C25H28BrN3O5. The lowest BCUT2D eigenvalue weighted by Gasteiger charge is -2.34. The van der Waals surface area contributed by atoms with Crippen LogP contribution in [0, 0.1) is 0 Å². The topological polar surface area (TPSA) is 79.4 Å². The molecule has 0 saturated carbocycles. The third kappa shape index (κ3) is 5.52. The van der Waals surface area contributed by atoms with E-state index in [9.17, 15) is 14.4 Å². The molecule has 1 fully saturated rings. The Morgan fingerprint density at radius 1 is 0.971 bits per heavy atom. The largest absolute Gasteiger partial charge is 0.483 e. The third-order valence-electron chi connectivity index (χ3n) is 6.08. The van der Waals surface area contributed by atoms with E-state index >= 15 is 0 Å². The van der Waals surface area contributed by atoms with E-state index < -0.39 is 0 Å². The summed E-state index contributed by atoms with van der Waals surface area (Å²) in [6.45, 7) is 4.89. The second-order valence-corrected chi connectivity index (χ2v) is 9.16. The Bertz CT molecular complexity index is 1050. The number of nitrogens with zero attached hydrogens (tertiary/aromatic N) is 3. The van der Waals surface area contributed by atoms with Gasteiger partial charge in [0.2, 0.25) is 0 Å². The first-order valence-electron chi connectivity index (χ1n) is 11.4. The molecule has 0 unspecified atom stereocenters. The molecule has 180 valence electrons. The second-order valence-electron chi connectivity index (χ2n) is 8.24. The van der Waals surface area contributed by atoms with Crippen molar-refractivity contribution in [3.05, 3.63) is 63.6 Å². The molecule has 0 bridgehead atoms. The first-order chi connectivity index (χ1) is 16.5. The maximum Gasteiger partial charge on any atom is 0.409 e. The smallest absolute Gasteiger partial charge is 0.409 e. The predicted octanol–water partition coefficient (Wildman–Crippen LogP) is 3.33. The quantitative estimate of drug-likeness (QED) is 0.573. The van der Waals surface area contributed by atoms with Crippen molar-refractivity contribution in [2.45, 2.75) is 19.9 Å². The van der Waals surface area contributed by atoms with Crippen LogP contribution in [-0.4, -0.2) is 78.5 Å². The van der Waals surface area contributed by atoms with Crippen LogP contribution in [0.5, 0.6) is 5.75 Å². The molecule has 2 heterocycles. The molecule has 3 amide bonds. The van der Waals surface area contributed by atoms with Gasteiger partial charge in [0.05, 0.1) is 6.61 Å². The van der Waals surface area contributed by atoms with Crippen LogP contribution in [0.4, 0.5) is 4.79 Å². The summed E-state index contributed by atoms with van der Waals surface area (Å²) in [7, 11) is 0. The van der Waals surface area contributed by atoms with Crippen LogP contribution in [0.25, 0.3) is 0 Å². The number of fused-ring (bicyclic) bond motifs is 1. The number of rotatable bonds is 6. The number of hydrogen-bond donors (Lipinski definition) is 0. The van der Waals surface area contributed by atoms with E-state index in [1.165, 1.54) is 0 Å². The minimum atomic E-state index is -0.347. The standard InChI is InChI=1S/C25H28BrN3O5/c1-2-33-25(32)28-14-12-27(13-15-28)23(30)17-34-22-5-3-4-21-20(22)10-11-29(24(21)31)16-18-6-8-19(26)9-7-18/h3-9H,2,10-17H2,1H3. The Morgan fingerprint density at radius 2 is 1.68 bits per heavy atom. The maximum atomic E-state index is 13.1. The summed E-state index contributed by atoms with van der Waals surface area (Å²) in [5.41, 5.74) is 2.54. The highest BCUT2D eigenvalue weighted by Gasteiger charge is 2.28. The molecule has 1 saturated heterocycles. The highest BCUT2D eigenvalue weighted by atomic mass is 79.9. The van der Waals surface area contributed by atoms with Gasteiger partial charge in [0.25, 0.3) is 11.8 Å². The number of carbonyl (C=O) groups is 3. The number of benzene rings is 2. The van der Waals surface area contributed by atoms with Gasteiger partial charge in [-0.3, -0.25) is 9.59 Å². The Kier molecular flexibility index (Phi) is 7.72. The van der Waals surface area contributed by atoms with E-state index in [-0.39, 0.29) is 24.5 Å². The Labute approximate surface area is 207 Å². The molecule has 0 atom stereocenters. The summed E-state index contributed by atoms with van der Waals surface area (Å²) in [6, 6.07) is 13.4. The lowest BCUT2D eigenvalue weighted by Crippen LogP contribution is -2.51. The van der Waals surface area contributed by atoms with Gasteiger partial charge in [-0.05, 0) is 43.2 Å². The molecule has 34 heavy (non-hydrogen) atoms. The van der Waals surface area contributed by atoms with Crippen molar-refractivity contribution < 1.29 is 23.9 Å². The second kappa shape index (κ2) is 10.9. The average Bonchev–Trinajstić information content (AvgIpc) is 2.86. The van der Waals surface area contributed by atoms with Gasteiger partial charge in [0, 0.05) is 54.9 Å².